The zero-order valence-corrected chi connectivity index (χ0v) is 11.8. The van der Waals surface area contributed by atoms with Crippen LogP contribution in [-0.2, 0) is 11.3 Å². The van der Waals surface area contributed by atoms with Crippen molar-refractivity contribution in [1.29, 1.82) is 0 Å². The number of nitrogens with one attached hydrogen (secondary N) is 1. The number of benzene rings is 1. The number of amides is 1. The van der Waals surface area contributed by atoms with Crippen molar-refractivity contribution in [2.24, 2.45) is 0 Å². The first kappa shape index (κ1) is 15.3. The van der Waals surface area contributed by atoms with Crippen LogP contribution in [0.15, 0.2) is 46.9 Å². The minimum absolute atomic E-state index is 0.239. The van der Waals surface area contributed by atoms with Crippen LogP contribution in [0.4, 0.5) is 5.88 Å². The fourth-order valence-electron chi connectivity index (χ4n) is 1.72. The van der Waals surface area contributed by atoms with Crippen LogP contribution in [0, 0.1) is 10.1 Å². The molecule has 1 N–H and O–H groups in total. The molecule has 114 valence electrons. The second kappa shape index (κ2) is 7.07. The molecule has 0 radical (unpaired) electrons. The highest BCUT2D eigenvalue weighted by Crippen LogP contribution is 2.16. The molecule has 7 nitrogen and oxygen atoms in total. The minimum atomic E-state index is -0.639. The molecule has 22 heavy (non-hydrogen) atoms. The number of methoxy groups -OCH3 is 1. The Morgan fingerprint density at radius 2 is 2.23 bits per heavy atom. The van der Waals surface area contributed by atoms with Crippen molar-refractivity contribution in [2.75, 3.05) is 7.11 Å². The summed E-state index contributed by atoms with van der Waals surface area (Å²) >= 11 is 0. The average molecular weight is 302 g/mol. The summed E-state index contributed by atoms with van der Waals surface area (Å²) in [5.74, 6) is 0.256. The van der Waals surface area contributed by atoms with E-state index in [-0.39, 0.29) is 17.6 Å². The number of carbonyl (C=O) groups is 1. The average Bonchev–Trinajstić information content (AvgIpc) is 3.00. The van der Waals surface area contributed by atoms with Crippen molar-refractivity contribution in [2.45, 2.75) is 6.54 Å². The third-order valence-electron chi connectivity index (χ3n) is 2.79. The number of hydrogen-bond donors (Lipinski definition) is 1. The third kappa shape index (κ3) is 4.20. The number of carbonyl (C=O) groups excluding carboxylic acids is 1. The Morgan fingerprint density at radius 1 is 1.41 bits per heavy atom. The zero-order valence-electron chi connectivity index (χ0n) is 11.8. The smallest absolute Gasteiger partial charge is 0.433 e. The van der Waals surface area contributed by atoms with Crippen molar-refractivity contribution in [3.8, 4) is 5.75 Å². The molecule has 0 atom stereocenters. The predicted octanol–water partition coefficient (Wildman–Crippen LogP) is 2.53. The van der Waals surface area contributed by atoms with Gasteiger partial charge in [-0.2, -0.15) is 0 Å². The molecule has 0 saturated heterocycles. The van der Waals surface area contributed by atoms with Crippen LogP contribution in [0.25, 0.3) is 6.08 Å². The molecule has 0 aliphatic rings. The van der Waals surface area contributed by atoms with E-state index >= 15 is 0 Å². The molecule has 1 aromatic heterocycles. The first-order valence-electron chi connectivity index (χ1n) is 6.41. The van der Waals surface area contributed by atoms with Crippen LogP contribution in [0.2, 0.25) is 0 Å². The Bertz CT molecular complexity index is 705. The molecular formula is C15H14N2O5. The van der Waals surface area contributed by atoms with Crippen LogP contribution < -0.4 is 10.1 Å². The molecule has 0 aliphatic carbocycles. The van der Waals surface area contributed by atoms with Crippen molar-refractivity contribution in [1.82, 2.24) is 5.32 Å². The SMILES string of the molecule is COc1cccc(CNC(=O)/C=C/c2ccc([N+](=O)[O-])o2)c1. The summed E-state index contributed by atoms with van der Waals surface area (Å²) in [5.41, 5.74) is 0.898. The van der Waals surface area contributed by atoms with Gasteiger partial charge in [0.25, 0.3) is 0 Å². The van der Waals surface area contributed by atoms with Crippen LogP contribution >= 0.6 is 0 Å². The quantitative estimate of drug-likeness (QED) is 0.502. The summed E-state index contributed by atoms with van der Waals surface area (Å²) in [6, 6.07) is 9.98. The standard InChI is InChI=1S/C15H14N2O5/c1-21-13-4-2-3-11(9-13)10-16-14(18)7-5-12-6-8-15(22-12)17(19)20/h2-9H,10H2,1H3,(H,16,18)/b7-5+. The summed E-state index contributed by atoms with van der Waals surface area (Å²) in [7, 11) is 1.57. The molecule has 1 aromatic carbocycles. The van der Waals surface area contributed by atoms with Gasteiger partial charge in [0.05, 0.1) is 13.2 Å². The summed E-state index contributed by atoms with van der Waals surface area (Å²) < 4.78 is 10.0. The van der Waals surface area contributed by atoms with Crippen LogP contribution in [0.3, 0.4) is 0 Å². The van der Waals surface area contributed by atoms with Gasteiger partial charge in [-0.1, -0.05) is 12.1 Å². The predicted molar refractivity (Wildman–Crippen MR) is 79.2 cm³/mol. The van der Waals surface area contributed by atoms with Gasteiger partial charge in [0.1, 0.15) is 16.4 Å². The molecular weight excluding hydrogens is 288 g/mol. The molecule has 0 aliphatic heterocycles. The van der Waals surface area contributed by atoms with Crippen LogP contribution in [0.5, 0.6) is 5.75 Å². The zero-order chi connectivity index (χ0) is 15.9. The number of furan rings is 1. The highest BCUT2D eigenvalue weighted by Gasteiger charge is 2.10. The normalized spacial score (nSPS) is 10.6. The largest absolute Gasteiger partial charge is 0.497 e. The van der Waals surface area contributed by atoms with Crippen molar-refractivity contribution < 1.29 is 18.9 Å². The molecule has 1 heterocycles. The molecule has 7 heteroatoms. The van der Waals surface area contributed by atoms with Gasteiger partial charge in [-0.3, -0.25) is 14.9 Å². The number of ether oxygens (including phenoxy) is 1. The maximum atomic E-state index is 11.7. The highest BCUT2D eigenvalue weighted by molar-refractivity contribution is 5.91. The van der Waals surface area contributed by atoms with Gasteiger partial charge < -0.3 is 14.5 Å². The van der Waals surface area contributed by atoms with Gasteiger partial charge in [0.2, 0.25) is 5.91 Å². The van der Waals surface area contributed by atoms with E-state index < -0.39 is 4.92 Å². The maximum Gasteiger partial charge on any atom is 0.433 e. The Kier molecular flexibility index (Phi) is 4.92. The lowest BCUT2D eigenvalue weighted by molar-refractivity contribution is -0.402. The van der Waals surface area contributed by atoms with E-state index in [1.165, 1.54) is 24.3 Å². The summed E-state index contributed by atoms with van der Waals surface area (Å²) in [6.45, 7) is 0.346. The first-order chi connectivity index (χ1) is 10.6. The second-order valence-electron chi connectivity index (χ2n) is 4.34. The number of nitrogens with zero attached hydrogens (tertiary/aromatic N) is 1. The van der Waals surface area contributed by atoms with Gasteiger partial charge in [-0.05, 0) is 29.8 Å². The van der Waals surface area contributed by atoms with E-state index in [2.05, 4.69) is 5.32 Å². The maximum absolute atomic E-state index is 11.7. The van der Waals surface area contributed by atoms with E-state index in [0.717, 1.165) is 5.56 Å². The van der Waals surface area contributed by atoms with Gasteiger partial charge in [0.15, 0.2) is 0 Å². The first-order valence-corrected chi connectivity index (χ1v) is 6.41. The van der Waals surface area contributed by atoms with Crippen molar-refractivity contribution in [3.05, 3.63) is 63.9 Å². The van der Waals surface area contributed by atoms with E-state index in [1.54, 1.807) is 7.11 Å². The fraction of sp³-hybridized carbons (Fsp3) is 0.133. The molecule has 0 fully saturated rings. The summed E-state index contributed by atoms with van der Waals surface area (Å²) in [4.78, 5) is 21.5. The number of hydrogen-bond acceptors (Lipinski definition) is 5. The lowest BCUT2D eigenvalue weighted by Gasteiger charge is -2.04. The summed E-state index contributed by atoms with van der Waals surface area (Å²) in [6.07, 6.45) is 2.62. The van der Waals surface area contributed by atoms with Gasteiger partial charge in [-0.15, -0.1) is 0 Å². The lowest BCUT2D eigenvalue weighted by atomic mass is 10.2. The van der Waals surface area contributed by atoms with Gasteiger partial charge in [0, 0.05) is 12.6 Å². The molecule has 0 bridgehead atoms. The van der Waals surface area contributed by atoms with E-state index in [1.807, 2.05) is 24.3 Å². The molecule has 2 rings (SSSR count). The molecule has 2 aromatic rings. The Balaban J connectivity index is 1.89. The lowest BCUT2D eigenvalue weighted by Crippen LogP contribution is -2.20. The molecule has 0 unspecified atom stereocenters. The highest BCUT2D eigenvalue weighted by atomic mass is 16.6. The second-order valence-corrected chi connectivity index (χ2v) is 4.34. The van der Waals surface area contributed by atoms with Gasteiger partial charge >= 0.3 is 5.88 Å². The Morgan fingerprint density at radius 3 is 2.91 bits per heavy atom. The fourth-order valence-corrected chi connectivity index (χ4v) is 1.72. The van der Waals surface area contributed by atoms with E-state index in [9.17, 15) is 14.9 Å². The number of nitro groups is 1. The monoisotopic (exact) mass is 302 g/mol. The molecule has 1 amide bonds. The summed E-state index contributed by atoms with van der Waals surface area (Å²) in [5, 5.41) is 13.2. The van der Waals surface area contributed by atoms with Crippen molar-refractivity contribution >= 4 is 17.9 Å². The topological polar surface area (TPSA) is 94.6 Å². The Labute approximate surface area is 126 Å². The van der Waals surface area contributed by atoms with Crippen LogP contribution in [-0.4, -0.2) is 17.9 Å². The molecule has 0 saturated carbocycles. The minimum Gasteiger partial charge on any atom is -0.497 e. The number of rotatable bonds is 6. The Hall–Kier alpha value is -3.09. The third-order valence-corrected chi connectivity index (χ3v) is 2.79. The van der Waals surface area contributed by atoms with E-state index in [4.69, 9.17) is 9.15 Å². The van der Waals surface area contributed by atoms with Crippen LogP contribution in [0.1, 0.15) is 11.3 Å². The molecule has 0 spiro atoms. The van der Waals surface area contributed by atoms with Crippen molar-refractivity contribution in [3.63, 3.8) is 0 Å². The van der Waals surface area contributed by atoms with Gasteiger partial charge in [-0.25, -0.2) is 0 Å². The van der Waals surface area contributed by atoms with E-state index in [0.29, 0.717) is 12.3 Å².